The van der Waals surface area contributed by atoms with Crippen molar-refractivity contribution in [1.29, 1.82) is 0 Å². The summed E-state index contributed by atoms with van der Waals surface area (Å²) < 4.78 is 31.1. The number of aromatic nitrogens is 1. The van der Waals surface area contributed by atoms with Gasteiger partial charge in [-0.25, -0.2) is 13.4 Å². The molecule has 2 aromatic rings. The molecule has 0 aliphatic carbocycles. The van der Waals surface area contributed by atoms with Gasteiger partial charge in [0.1, 0.15) is 11.6 Å². The fourth-order valence-corrected chi connectivity index (χ4v) is 3.19. The monoisotopic (exact) mass is 355 g/mol. The Balaban J connectivity index is 2.13. The van der Waals surface area contributed by atoms with Crippen molar-refractivity contribution >= 4 is 38.8 Å². The first-order valence-electron chi connectivity index (χ1n) is 7.00. The fraction of sp³-hybridized carbons (Fsp3) is 0.267. The van der Waals surface area contributed by atoms with Crippen LogP contribution in [0.25, 0.3) is 0 Å². The Morgan fingerprint density at radius 2 is 2.04 bits per heavy atom. The molecule has 0 fully saturated rings. The molecular weight excluding hydrogens is 338 g/mol. The number of sulfonamides is 1. The zero-order chi connectivity index (χ0) is 16.9. The minimum Gasteiger partial charge on any atom is -0.495 e. The van der Waals surface area contributed by atoms with Crippen LogP contribution in [-0.4, -0.2) is 26.3 Å². The van der Waals surface area contributed by atoms with Gasteiger partial charge in [0.15, 0.2) is 0 Å². The molecule has 0 atom stereocenters. The van der Waals surface area contributed by atoms with Gasteiger partial charge in [0.2, 0.25) is 10.0 Å². The van der Waals surface area contributed by atoms with Crippen molar-refractivity contribution in [3.8, 4) is 5.75 Å². The summed E-state index contributed by atoms with van der Waals surface area (Å²) in [7, 11) is -1.78. The van der Waals surface area contributed by atoms with Gasteiger partial charge in [0.25, 0.3) is 0 Å². The second-order valence-corrected chi connectivity index (χ2v) is 7.10. The molecule has 0 aliphatic rings. The van der Waals surface area contributed by atoms with E-state index in [2.05, 4.69) is 15.0 Å². The summed E-state index contributed by atoms with van der Waals surface area (Å²) in [5.74, 6) is 0.984. The van der Waals surface area contributed by atoms with Crippen LogP contribution in [0.2, 0.25) is 5.02 Å². The van der Waals surface area contributed by atoms with E-state index in [4.69, 9.17) is 16.3 Å². The predicted octanol–water partition coefficient (Wildman–Crippen LogP) is 3.64. The van der Waals surface area contributed by atoms with E-state index in [1.165, 1.54) is 6.20 Å². The van der Waals surface area contributed by atoms with Crippen molar-refractivity contribution < 1.29 is 13.2 Å². The minimum atomic E-state index is -3.34. The topological polar surface area (TPSA) is 80.3 Å². The van der Waals surface area contributed by atoms with Crippen LogP contribution in [0.4, 0.5) is 17.2 Å². The van der Waals surface area contributed by atoms with Gasteiger partial charge in [-0.15, -0.1) is 0 Å². The highest BCUT2D eigenvalue weighted by Crippen LogP contribution is 2.30. The van der Waals surface area contributed by atoms with Gasteiger partial charge in [-0.1, -0.05) is 18.5 Å². The number of hydrogen-bond donors (Lipinski definition) is 2. The maximum atomic E-state index is 11.7. The molecule has 0 radical (unpaired) electrons. The number of rotatable bonds is 7. The number of pyridine rings is 1. The van der Waals surface area contributed by atoms with Crippen molar-refractivity contribution in [2.75, 3.05) is 22.9 Å². The highest BCUT2D eigenvalue weighted by molar-refractivity contribution is 7.92. The van der Waals surface area contributed by atoms with E-state index in [0.717, 1.165) is 0 Å². The Labute approximate surface area is 140 Å². The molecule has 0 amide bonds. The number of methoxy groups -OCH3 is 1. The lowest BCUT2D eigenvalue weighted by Crippen LogP contribution is -2.16. The van der Waals surface area contributed by atoms with Crippen molar-refractivity contribution in [3.05, 3.63) is 41.6 Å². The summed E-state index contributed by atoms with van der Waals surface area (Å²) in [4.78, 5) is 4.09. The second kappa shape index (κ2) is 7.52. The molecule has 0 saturated carbocycles. The molecule has 0 unspecified atom stereocenters. The Hall–Kier alpha value is -1.99. The van der Waals surface area contributed by atoms with Gasteiger partial charge in [-0.3, -0.25) is 4.72 Å². The first kappa shape index (κ1) is 17.4. The van der Waals surface area contributed by atoms with Crippen LogP contribution in [0.3, 0.4) is 0 Å². The summed E-state index contributed by atoms with van der Waals surface area (Å²) in [5, 5.41) is 3.70. The van der Waals surface area contributed by atoms with E-state index in [0.29, 0.717) is 28.6 Å². The number of ether oxygens (including phenoxy) is 1. The highest BCUT2D eigenvalue weighted by Gasteiger charge is 2.10. The SMILES string of the molecule is CCCS(=O)(=O)Nc1ccc(Nc2cc(Cl)ccc2OC)cn1. The summed E-state index contributed by atoms with van der Waals surface area (Å²) in [6.07, 6.45) is 2.08. The number of halogens is 1. The average molecular weight is 356 g/mol. The van der Waals surface area contributed by atoms with Gasteiger partial charge in [0, 0.05) is 5.02 Å². The number of nitrogens with one attached hydrogen (secondary N) is 2. The number of hydrogen-bond acceptors (Lipinski definition) is 5. The lowest BCUT2D eigenvalue weighted by atomic mass is 10.2. The van der Waals surface area contributed by atoms with E-state index in [9.17, 15) is 8.42 Å². The highest BCUT2D eigenvalue weighted by atomic mass is 35.5. The van der Waals surface area contributed by atoms with Crippen LogP contribution >= 0.6 is 11.6 Å². The molecule has 23 heavy (non-hydrogen) atoms. The second-order valence-electron chi connectivity index (χ2n) is 4.82. The van der Waals surface area contributed by atoms with E-state index in [1.54, 1.807) is 44.4 Å². The van der Waals surface area contributed by atoms with Crippen LogP contribution in [0, 0.1) is 0 Å². The molecule has 0 saturated heterocycles. The largest absolute Gasteiger partial charge is 0.495 e. The molecule has 1 aromatic heterocycles. The molecule has 0 aliphatic heterocycles. The van der Waals surface area contributed by atoms with E-state index in [1.807, 2.05) is 0 Å². The lowest BCUT2D eigenvalue weighted by Gasteiger charge is -2.12. The zero-order valence-electron chi connectivity index (χ0n) is 12.8. The Morgan fingerprint density at radius 1 is 1.26 bits per heavy atom. The van der Waals surface area contributed by atoms with Crippen LogP contribution in [-0.2, 0) is 10.0 Å². The van der Waals surface area contributed by atoms with Crippen LogP contribution < -0.4 is 14.8 Å². The fourth-order valence-electron chi connectivity index (χ4n) is 1.94. The number of anilines is 3. The first-order valence-corrected chi connectivity index (χ1v) is 9.03. The van der Waals surface area contributed by atoms with E-state index < -0.39 is 10.0 Å². The van der Waals surface area contributed by atoms with Gasteiger partial charge in [-0.2, -0.15) is 0 Å². The van der Waals surface area contributed by atoms with E-state index >= 15 is 0 Å². The van der Waals surface area contributed by atoms with Crippen LogP contribution in [0.1, 0.15) is 13.3 Å². The molecule has 0 bridgehead atoms. The first-order chi connectivity index (χ1) is 10.9. The molecule has 1 heterocycles. The van der Waals surface area contributed by atoms with Crippen LogP contribution in [0.15, 0.2) is 36.5 Å². The van der Waals surface area contributed by atoms with Gasteiger partial charge >= 0.3 is 0 Å². The summed E-state index contributed by atoms with van der Waals surface area (Å²) in [6.45, 7) is 1.80. The normalized spacial score (nSPS) is 11.1. The molecule has 6 nitrogen and oxygen atoms in total. The van der Waals surface area contributed by atoms with Gasteiger partial charge < -0.3 is 10.1 Å². The molecular formula is C15H18ClN3O3S. The zero-order valence-corrected chi connectivity index (χ0v) is 14.4. The molecule has 2 rings (SSSR count). The van der Waals surface area contributed by atoms with Crippen molar-refractivity contribution in [1.82, 2.24) is 4.98 Å². The molecule has 8 heteroatoms. The smallest absolute Gasteiger partial charge is 0.233 e. The lowest BCUT2D eigenvalue weighted by molar-refractivity contribution is 0.417. The number of benzene rings is 1. The predicted molar refractivity (Wildman–Crippen MR) is 93.2 cm³/mol. The maximum absolute atomic E-state index is 11.7. The Kier molecular flexibility index (Phi) is 5.68. The third-order valence-corrected chi connectivity index (χ3v) is 4.64. The number of nitrogens with zero attached hydrogens (tertiary/aromatic N) is 1. The van der Waals surface area contributed by atoms with Gasteiger partial charge in [-0.05, 0) is 36.8 Å². The third kappa shape index (κ3) is 5.01. The summed E-state index contributed by atoms with van der Waals surface area (Å²) >= 11 is 5.98. The molecule has 1 aromatic carbocycles. The quantitative estimate of drug-likeness (QED) is 0.792. The molecule has 0 spiro atoms. The summed E-state index contributed by atoms with van der Waals surface area (Å²) in [5.41, 5.74) is 1.38. The van der Waals surface area contributed by atoms with E-state index in [-0.39, 0.29) is 11.6 Å². The maximum Gasteiger partial charge on any atom is 0.233 e. The molecule has 124 valence electrons. The third-order valence-electron chi connectivity index (χ3n) is 2.94. The molecule has 2 N–H and O–H groups in total. The average Bonchev–Trinajstić information content (AvgIpc) is 2.49. The van der Waals surface area contributed by atoms with Crippen LogP contribution in [0.5, 0.6) is 5.75 Å². The van der Waals surface area contributed by atoms with Crippen molar-refractivity contribution in [2.45, 2.75) is 13.3 Å². The Bertz CT molecular complexity index is 764. The van der Waals surface area contributed by atoms with Gasteiger partial charge in [0.05, 0.1) is 30.4 Å². The summed E-state index contributed by atoms with van der Waals surface area (Å²) in [6, 6.07) is 8.53. The minimum absolute atomic E-state index is 0.0639. The van der Waals surface area contributed by atoms with Crippen molar-refractivity contribution in [2.24, 2.45) is 0 Å². The standard InChI is InChI=1S/C15H18ClN3O3S/c1-3-8-23(20,21)19-15-7-5-12(10-17-15)18-13-9-11(16)4-6-14(13)22-2/h4-7,9-10,18H,3,8H2,1-2H3,(H,17,19). The Morgan fingerprint density at radius 3 is 2.65 bits per heavy atom. The van der Waals surface area contributed by atoms with Crippen molar-refractivity contribution in [3.63, 3.8) is 0 Å².